The van der Waals surface area contributed by atoms with E-state index in [0.717, 1.165) is 37.8 Å². The van der Waals surface area contributed by atoms with Crippen LogP contribution in [0, 0.1) is 0 Å². The Labute approximate surface area is 121 Å². The molecule has 1 unspecified atom stereocenters. The summed E-state index contributed by atoms with van der Waals surface area (Å²) in [5.41, 5.74) is 0.932. The van der Waals surface area contributed by atoms with Gasteiger partial charge in [-0.2, -0.15) is 0 Å². The summed E-state index contributed by atoms with van der Waals surface area (Å²) < 4.78 is 5.12. The van der Waals surface area contributed by atoms with Crippen LogP contribution in [0.15, 0.2) is 30.3 Å². The molecule has 0 aliphatic heterocycles. The number of benzene rings is 1. The Balaban J connectivity index is 2.45. The van der Waals surface area contributed by atoms with Gasteiger partial charge in [-0.25, -0.2) is 4.79 Å². The summed E-state index contributed by atoms with van der Waals surface area (Å²) in [4.78, 5) is 12.0. The van der Waals surface area contributed by atoms with Gasteiger partial charge in [0.15, 0.2) is 0 Å². The molecule has 20 heavy (non-hydrogen) atoms. The Bertz CT molecular complexity index is 367. The van der Waals surface area contributed by atoms with Crippen LogP contribution < -0.4 is 5.32 Å². The minimum Gasteiger partial charge on any atom is -0.465 e. The zero-order valence-electron chi connectivity index (χ0n) is 12.2. The molecule has 0 fully saturated rings. The largest absolute Gasteiger partial charge is 0.465 e. The third-order valence-electron chi connectivity index (χ3n) is 3.09. The van der Waals surface area contributed by atoms with Crippen molar-refractivity contribution in [2.24, 2.45) is 0 Å². The van der Waals surface area contributed by atoms with Gasteiger partial charge in [-0.1, -0.05) is 43.2 Å². The Morgan fingerprint density at radius 1 is 1.20 bits per heavy atom. The predicted octanol–water partition coefficient (Wildman–Crippen LogP) is 2.43. The third-order valence-corrected chi connectivity index (χ3v) is 3.09. The topological polar surface area (TPSA) is 58.6 Å². The molecule has 0 bridgehead atoms. The van der Waals surface area contributed by atoms with Crippen LogP contribution in [0.5, 0.6) is 0 Å². The summed E-state index contributed by atoms with van der Waals surface area (Å²) in [6, 6.07) is 9.24. The van der Waals surface area contributed by atoms with Gasteiger partial charge in [0.2, 0.25) is 0 Å². The Morgan fingerprint density at radius 3 is 2.55 bits per heavy atom. The van der Waals surface area contributed by atoms with E-state index in [0.29, 0.717) is 6.61 Å². The predicted molar refractivity (Wildman–Crippen MR) is 79.4 cm³/mol. The van der Waals surface area contributed by atoms with Gasteiger partial charge in [-0.3, -0.25) is 0 Å². The highest BCUT2D eigenvalue weighted by Crippen LogP contribution is 2.14. The van der Waals surface area contributed by atoms with E-state index >= 15 is 0 Å². The summed E-state index contributed by atoms with van der Waals surface area (Å²) in [6.07, 6.45) is 3.91. The van der Waals surface area contributed by atoms with Crippen molar-refractivity contribution < 1.29 is 14.6 Å². The number of nitrogens with one attached hydrogen (secondary N) is 1. The van der Waals surface area contributed by atoms with E-state index in [-0.39, 0.29) is 12.6 Å². The van der Waals surface area contributed by atoms with E-state index in [4.69, 9.17) is 9.84 Å². The van der Waals surface area contributed by atoms with Gasteiger partial charge in [0.1, 0.15) is 6.04 Å². The second kappa shape index (κ2) is 10.4. The van der Waals surface area contributed by atoms with E-state index in [9.17, 15) is 4.79 Å². The number of aliphatic hydroxyl groups excluding tert-OH is 1. The van der Waals surface area contributed by atoms with Crippen LogP contribution in [0.25, 0.3) is 0 Å². The van der Waals surface area contributed by atoms with Crippen LogP contribution in [0.4, 0.5) is 0 Å². The van der Waals surface area contributed by atoms with Crippen molar-refractivity contribution >= 4 is 5.97 Å². The van der Waals surface area contributed by atoms with Crippen LogP contribution in [0.1, 0.15) is 44.2 Å². The highest BCUT2D eigenvalue weighted by Gasteiger charge is 2.20. The molecule has 0 saturated carbocycles. The van der Waals surface area contributed by atoms with Gasteiger partial charge in [0, 0.05) is 6.61 Å². The van der Waals surface area contributed by atoms with Gasteiger partial charge in [0.25, 0.3) is 0 Å². The lowest BCUT2D eigenvalue weighted by Crippen LogP contribution is -2.31. The molecule has 0 heterocycles. The molecule has 4 nitrogen and oxygen atoms in total. The van der Waals surface area contributed by atoms with E-state index in [1.807, 2.05) is 37.3 Å². The van der Waals surface area contributed by atoms with Crippen LogP contribution in [0.2, 0.25) is 0 Å². The normalized spacial score (nSPS) is 12.1. The molecule has 0 saturated heterocycles. The Morgan fingerprint density at radius 2 is 1.90 bits per heavy atom. The van der Waals surface area contributed by atoms with Crippen molar-refractivity contribution in [3.8, 4) is 0 Å². The molecule has 0 radical (unpaired) electrons. The first-order chi connectivity index (χ1) is 9.79. The molecule has 1 aromatic carbocycles. The minimum atomic E-state index is -0.394. The van der Waals surface area contributed by atoms with Crippen LogP contribution in [-0.2, 0) is 9.53 Å². The molecule has 0 spiro atoms. The number of rotatable bonds is 10. The SMILES string of the molecule is CCOC(=O)C(NCCCCCCO)c1ccccc1. The molecule has 0 aliphatic carbocycles. The molecule has 4 heteroatoms. The van der Waals surface area contributed by atoms with Crippen molar-refractivity contribution in [2.75, 3.05) is 19.8 Å². The maximum Gasteiger partial charge on any atom is 0.327 e. The first kappa shape index (κ1) is 16.7. The highest BCUT2D eigenvalue weighted by molar-refractivity contribution is 5.77. The van der Waals surface area contributed by atoms with Crippen molar-refractivity contribution in [2.45, 2.75) is 38.6 Å². The fourth-order valence-electron chi connectivity index (χ4n) is 2.05. The van der Waals surface area contributed by atoms with Gasteiger partial charge >= 0.3 is 5.97 Å². The van der Waals surface area contributed by atoms with Crippen LogP contribution in [-0.4, -0.2) is 30.8 Å². The molecule has 1 aromatic rings. The summed E-state index contributed by atoms with van der Waals surface area (Å²) in [5, 5.41) is 12.0. The van der Waals surface area contributed by atoms with E-state index in [1.165, 1.54) is 0 Å². The second-order valence-electron chi connectivity index (χ2n) is 4.69. The molecule has 0 amide bonds. The van der Waals surface area contributed by atoms with Crippen molar-refractivity contribution in [3.63, 3.8) is 0 Å². The summed E-state index contributed by atoms with van der Waals surface area (Å²) in [7, 11) is 0. The fourth-order valence-corrected chi connectivity index (χ4v) is 2.05. The van der Waals surface area contributed by atoms with Crippen LogP contribution in [0.3, 0.4) is 0 Å². The molecular weight excluding hydrogens is 254 g/mol. The maximum absolute atomic E-state index is 12.0. The standard InChI is InChI=1S/C16H25NO3/c1-2-20-16(19)15(14-10-6-5-7-11-14)17-12-8-3-4-9-13-18/h5-7,10-11,15,17-18H,2-4,8-9,12-13H2,1H3. The zero-order valence-corrected chi connectivity index (χ0v) is 12.2. The number of carbonyl (C=O) groups is 1. The summed E-state index contributed by atoms with van der Waals surface area (Å²) in [6.45, 7) is 3.22. The fraction of sp³-hybridized carbons (Fsp3) is 0.562. The van der Waals surface area contributed by atoms with Crippen molar-refractivity contribution in [1.82, 2.24) is 5.32 Å². The number of carbonyl (C=O) groups excluding carboxylic acids is 1. The molecule has 0 aliphatic rings. The molecule has 2 N–H and O–H groups in total. The quantitative estimate of drug-likeness (QED) is 0.510. The number of hydrogen-bond acceptors (Lipinski definition) is 4. The van der Waals surface area contributed by atoms with Gasteiger partial charge < -0.3 is 15.2 Å². The number of aliphatic hydroxyl groups is 1. The number of unbranched alkanes of at least 4 members (excludes halogenated alkanes) is 3. The highest BCUT2D eigenvalue weighted by atomic mass is 16.5. The molecular formula is C16H25NO3. The number of esters is 1. The molecule has 0 aromatic heterocycles. The first-order valence-corrected chi connectivity index (χ1v) is 7.35. The van der Waals surface area contributed by atoms with E-state index in [1.54, 1.807) is 0 Å². The Hall–Kier alpha value is -1.39. The smallest absolute Gasteiger partial charge is 0.327 e. The third kappa shape index (κ3) is 6.17. The first-order valence-electron chi connectivity index (χ1n) is 7.35. The van der Waals surface area contributed by atoms with Crippen molar-refractivity contribution in [3.05, 3.63) is 35.9 Å². The molecule has 112 valence electrons. The average Bonchev–Trinajstić information content (AvgIpc) is 2.47. The van der Waals surface area contributed by atoms with Crippen molar-refractivity contribution in [1.29, 1.82) is 0 Å². The molecule has 1 rings (SSSR count). The second-order valence-corrected chi connectivity index (χ2v) is 4.69. The summed E-state index contributed by atoms with van der Waals surface area (Å²) >= 11 is 0. The van der Waals surface area contributed by atoms with E-state index < -0.39 is 6.04 Å². The van der Waals surface area contributed by atoms with Gasteiger partial charge in [-0.15, -0.1) is 0 Å². The van der Waals surface area contributed by atoms with Gasteiger partial charge in [0.05, 0.1) is 6.61 Å². The van der Waals surface area contributed by atoms with Gasteiger partial charge in [-0.05, 0) is 31.9 Å². The lowest BCUT2D eigenvalue weighted by Gasteiger charge is -2.17. The minimum absolute atomic E-state index is 0.228. The van der Waals surface area contributed by atoms with Crippen LogP contribution >= 0.6 is 0 Å². The lowest BCUT2D eigenvalue weighted by molar-refractivity contribution is -0.145. The monoisotopic (exact) mass is 279 g/mol. The summed E-state index contributed by atoms with van der Waals surface area (Å²) in [5.74, 6) is -0.228. The maximum atomic E-state index is 12.0. The lowest BCUT2D eigenvalue weighted by atomic mass is 10.1. The Kier molecular flexibility index (Phi) is 8.67. The number of ether oxygens (including phenoxy) is 1. The van der Waals surface area contributed by atoms with E-state index in [2.05, 4.69) is 5.32 Å². The average molecular weight is 279 g/mol. The molecule has 1 atom stereocenters. The number of hydrogen-bond donors (Lipinski definition) is 2. The zero-order chi connectivity index (χ0) is 14.6.